The maximum absolute atomic E-state index is 6.56. The Bertz CT molecular complexity index is 1030. The molecule has 0 aromatic heterocycles. The summed E-state index contributed by atoms with van der Waals surface area (Å²) in [7, 11) is 0. The molecule has 0 saturated heterocycles. The first kappa shape index (κ1) is 17.5. The highest BCUT2D eigenvalue weighted by Crippen LogP contribution is 2.45. The van der Waals surface area contributed by atoms with E-state index in [1.165, 1.54) is 44.5 Å². The van der Waals surface area contributed by atoms with Gasteiger partial charge >= 0.3 is 0 Å². The molecule has 0 spiro atoms. The van der Waals surface area contributed by atoms with Crippen molar-refractivity contribution in [3.8, 4) is 0 Å². The average Bonchev–Trinajstić information content (AvgIpc) is 3.17. The number of benzene rings is 3. The SMILES string of the molecule is Cc1cccc2c1/C(=C1\CCc3ccccc31)[C@@H](OCc1ccccc1)CC2. The highest BCUT2D eigenvalue weighted by molar-refractivity contribution is 5.97. The smallest absolute Gasteiger partial charge is 0.0841 e. The zero-order chi connectivity index (χ0) is 18.9. The second kappa shape index (κ2) is 7.41. The van der Waals surface area contributed by atoms with Gasteiger partial charge in [-0.2, -0.15) is 0 Å². The van der Waals surface area contributed by atoms with Crippen molar-refractivity contribution < 1.29 is 4.74 Å². The average molecular weight is 367 g/mol. The maximum atomic E-state index is 6.56. The van der Waals surface area contributed by atoms with Gasteiger partial charge in [-0.25, -0.2) is 0 Å². The van der Waals surface area contributed by atoms with Gasteiger partial charge in [0.15, 0.2) is 0 Å². The molecule has 2 aliphatic rings. The first-order valence-electron chi connectivity index (χ1n) is 10.4. The molecule has 28 heavy (non-hydrogen) atoms. The number of rotatable bonds is 3. The number of hydrogen-bond acceptors (Lipinski definition) is 1. The Kier molecular flexibility index (Phi) is 4.62. The predicted octanol–water partition coefficient (Wildman–Crippen LogP) is 6.38. The van der Waals surface area contributed by atoms with Crippen LogP contribution in [0, 0.1) is 6.92 Å². The lowest BCUT2D eigenvalue weighted by atomic mass is 9.79. The van der Waals surface area contributed by atoms with Gasteiger partial charge in [0.1, 0.15) is 0 Å². The zero-order valence-corrected chi connectivity index (χ0v) is 16.4. The van der Waals surface area contributed by atoms with Crippen molar-refractivity contribution in [3.05, 3.63) is 106 Å². The largest absolute Gasteiger partial charge is 0.369 e. The fourth-order valence-electron chi connectivity index (χ4n) is 4.90. The van der Waals surface area contributed by atoms with Gasteiger partial charge in [0.25, 0.3) is 0 Å². The van der Waals surface area contributed by atoms with E-state index < -0.39 is 0 Å². The van der Waals surface area contributed by atoms with Crippen molar-refractivity contribution >= 4 is 11.1 Å². The van der Waals surface area contributed by atoms with Crippen LogP contribution in [0.2, 0.25) is 0 Å². The van der Waals surface area contributed by atoms with Crippen molar-refractivity contribution in [1.29, 1.82) is 0 Å². The van der Waals surface area contributed by atoms with Crippen LogP contribution in [0.5, 0.6) is 0 Å². The summed E-state index contributed by atoms with van der Waals surface area (Å²) >= 11 is 0. The molecule has 1 nitrogen and oxygen atoms in total. The second-order valence-electron chi connectivity index (χ2n) is 7.98. The van der Waals surface area contributed by atoms with Crippen LogP contribution in [-0.4, -0.2) is 6.10 Å². The minimum absolute atomic E-state index is 0.162. The number of fused-ring (bicyclic) bond motifs is 2. The van der Waals surface area contributed by atoms with E-state index in [2.05, 4.69) is 79.7 Å². The highest BCUT2D eigenvalue weighted by atomic mass is 16.5. The number of allylic oxidation sites excluding steroid dienone is 1. The topological polar surface area (TPSA) is 9.23 Å². The van der Waals surface area contributed by atoms with Crippen molar-refractivity contribution in [1.82, 2.24) is 0 Å². The van der Waals surface area contributed by atoms with E-state index in [4.69, 9.17) is 4.74 Å². The zero-order valence-electron chi connectivity index (χ0n) is 16.4. The van der Waals surface area contributed by atoms with Crippen LogP contribution in [0.25, 0.3) is 11.1 Å². The minimum Gasteiger partial charge on any atom is -0.369 e. The molecule has 0 aliphatic heterocycles. The molecule has 0 unspecified atom stereocenters. The molecule has 1 heteroatoms. The van der Waals surface area contributed by atoms with Gasteiger partial charge in [-0.05, 0) is 77.1 Å². The van der Waals surface area contributed by atoms with Crippen molar-refractivity contribution in [3.63, 3.8) is 0 Å². The maximum Gasteiger partial charge on any atom is 0.0841 e. The van der Waals surface area contributed by atoms with Gasteiger partial charge in [-0.15, -0.1) is 0 Å². The van der Waals surface area contributed by atoms with E-state index >= 15 is 0 Å². The lowest BCUT2D eigenvalue weighted by Gasteiger charge is -2.31. The van der Waals surface area contributed by atoms with Gasteiger partial charge in [0, 0.05) is 0 Å². The third kappa shape index (κ3) is 3.10. The number of hydrogen-bond donors (Lipinski definition) is 0. The van der Waals surface area contributed by atoms with E-state index in [0.29, 0.717) is 6.61 Å². The molecule has 0 saturated carbocycles. The first-order valence-corrected chi connectivity index (χ1v) is 10.4. The fourth-order valence-corrected chi connectivity index (χ4v) is 4.90. The van der Waals surface area contributed by atoms with Gasteiger partial charge in [-0.1, -0.05) is 72.8 Å². The predicted molar refractivity (Wildman–Crippen MR) is 116 cm³/mol. The standard InChI is InChI=1S/C27H26O/c1-19-8-7-12-22-15-17-25(28-18-20-9-3-2-4-10-20)27(26(19)22)24-16-14-21-11-5-6-13-23(21)24/h2-13,25H,14-18H2,1H3/b27-24+/t25-/m0/s1. The van der Waals surface area contributed by atoms with Crippen molar-refractivity contribution in [2.45, 2.75) is 45.3 Å². The van der Waals surface area contributed by atoms with Crippen LogP contribution in [-0.2, 0) is 24.2 Å². The molecular weight excluding hydrogens is 340 g/mol. The van der Waals surface area contributed by atoms with E-state index in [0.717, 1.165) is 25.7 Å². The lowest BCUT2D eigenvalue weighted by molar-refractivity contribution is 0.0713. The van der Waals surface area contributed by atoms with E-state index in [1.807, 2.05) is 0 Å². The van der Waals surface area contributed by atoms with E-state index in [-0.39, 0.29) is 6.10 Å². The molecule has 3 aromatic carbocycles. The molecule has 1 atom stereocenters. The van der Waals surface area contributed by atoms with Crippen LogP contribution in [0.1, 0.15) is 46.2 Å². The number of ether oxygens (including phenoxy) is 1. The van der Waals surface area contributed by atoms with Crippen LogP contribution in [0.3, 0.4) is 0 Å². The summed E-state index contributed by atoms with van der Waals surface area (Å²) in [6.07, 6.45) is 4.57. The Hall–Kier alpha value is -2.64. The van der Waals surface area contributed by atoms with E-state index in [9.17, 15) is 0 Å². The van der Waals surface area contributed by atoms with E-state index in [1.54, 1.807) is 0 Å². The normalized spacial score (nSPS) is 20.7. The summed E-state index contributed by atoms with van der Waals surface area (Å²) in [6, 6.07) is 26.2. The Labute approximate surface area is 167 Å². The number of aryl methyl sites for hydroxylation is 3. The fraction of sp³-hybridized carbons (Fsp3) is 0.259. The van der Waals surface area contributed by atoms with Crippen LogP contribution < -0.4 is 0 Å². The van der Waals surface area contributed by atoms with Crippen molar-refractivity contribution in [2.24, 2.45) is 0 Å². The summed E-state index contributed by atoms with van der Waals surface area (Å²) < 4.78 is 6.56. The third-order valence-electron chi connectivity index (χ3n) is 6.23. The Morgan fingerprint density at radius 3 is 2.46 bits per heavy atom. The van der Waals surface area contributed by atoms with Crippen LogP contribution in [0.15, 0.2) is 72.8 Å². The molecule has 0 N–H and O–H groups in total. The van der Waals surface area contributed by atoms with Crippen LogP contribution in [0.4, 0.5) is 0 Å². The summed E-state index contributed by atoms with van der Waals surface area (Å²) in [6.45, 7) is 2.92. The molecule has 140 valence electrons. The molecule has 0 bridgehead atoms. The molecular formula is C27H26O. The molecule has 0 amide bonds. The first-order chi connectivity index (χ1) is 13.8. The van der Waals surface area contributed by atoms with Gasteiger partial charge in [0.05, 0.1) is 12.7 Å². The van der Waals surface area contributed by atoms with Gasteiger partial charge in [0.2, 0.25) is 0 Å². The summed E-state index contributed by atoms with van der Waals surface area (Å²) in [5.41, 5.74) is 11.4. The molecule has 5 rings (SSSR count). The Balaban J connectivity index is 1.60. The molecule has 3 aromatic rings. The summed E-state index contributed by atoms with van der Waals surface area (Å²) in [5, 5.41) is 0. The quantitative estimate of drug-likeness (QED) is 0.522. The molecule has 0 heterocycles. The molecule has 0 radical (unpaired) electrons. The minimum atomic E-state index is 0.162. The summed E-state index contributed by atoms with van der Waals surface area (Å²) in [5.74, 6) is 0. The monoisotopic (exact) mass is 366 g/mol. The Morgan fingerprint density at radius 1 is 0.786 bits per heavy atom. The van der Waals surface area contributed by atoms with Gasteiger partial charge < -0.3 is 4.74 Å². The van der Waals surface area contributed by atoms with Crippen LogP contribution >= 0.6 is 0 Å². The van der Waals surface area contributed by atoms with Crippen molar-refractivity contribution in [2.75, 3.05) is 0 Å². The molecule has 2 aliphatic carbocycles. The highest BCUT2D eigenvalue weighted by Gasteiger charge is 2.31. The Morgan fingerprint density at radius 2 is 1.57 bits per heavy atom. The second-order valence-corrected chi connectivity index (χ2v) is 7.98. The van der Waals surface area contributed by atoms with Gasteiger partial charge in [-0.3, -0.25) is 0 Å². The lowest BCUT2D eigenvalue weighted by Crippen LogP contribution is -2.23. The molecule has 0 fully saturated rings. The summed E-state index contributed by atoms with van der Waals surface area (Å²) in [4.78, 5) is 0. The third-order valence-corrected chi connectivity index (χ3v) is 6.23.